The van der Waals surface area contributed by atoms with Gasteiger partial charge in [-0.2, -0.15) is 0 Å². The van der Waals surface area contributed by atoms with Crippen LogP contribution in [0.2, 0.25) is 0 Å². The quantitative estimate of drug-likeness (QED) is 0.427. The van der Waals surface area contributed by atoms with Crippen molar-refractivity contribution in [3.63, 3.8) is 0 Å². The smallest absolute Gasteiger partial charge is 0.309 e. The first-order valence-corrected chi connectivity index (χ1v) is 0.781. The standard InChI is InChI=1S/CH4N2O.K.Zn/c2-1(3)4;;/h(H4,2,3,4);;. The first kappa shape index (κ1) is 15.6. The number of nitrogens with two attached hydrogens (primary N) is 2. The molecule has 1 radical (unpaired) electrons. The topological polar surface area (TPSA) is 69.1 Å². The van der Waals surface area contributed by atoms with Crippen molar-refractivity contribution in [2.75, 3.05) is 0 Å². The van der Waals surface area contributed by atoms with Crippen molar-refractivity contribution >= 4 is 57.4 Å². The molecule has 2 amide bonds. The van der Waals surface area contributed by atoms with Crippen LogP contribution in [-0.2, 0) is 19.5 Å². The van der Waals surface area contributed by atoms with E-state index in [2.05, 4.69) is 11.5 Å². The number of carbonyl (C=O) groups excluding carboxylic acids is 1. The molecule has 27 valence electrons. The molecule has 5 heteroatoms. The van der Waals surface area contributed by atoms with Crippen molar-refractivity contribution in [1.29, 1.82) is 0 Å². The maximum atomic E-state index is 9.00. The maximum absolute atomic E-state index is 9.00. The van der Waals surface area contributed by atoms with Crippen molar-refractivity contribution in [2.45, 2.75) is 0 Å². The zero-order chi connectivity index (χ0) is 3.58. The van der Waals surface area contributed by atoms with Gasteiger partial charge in [0.25, 0.3) is 0 Å². The van der Waals surface area contributed by atoms with Crippen LogP contribution in [0.4, 0.5) is 4.79 Å². The van der Waals surface area contributed by atoms with Gasteiger partial charge in [0.1, 0.15) is 0 Å². The third-order valence-corrected chi connectivity index (χ3v) is 0. The molecule has 4 N–H and O–H groups in total. The fraction of sp³-hybridized carbons (Fsp3) is 0. The first-order valence-electron chi connectivity index (χ1n) is 0.781. The fourth-order valence-corrected chi connectivity index (χ4v) is 0. The van der Waals surface area contributed by atoms with E-state index in [1.807, 2.05) is 0 Å². The van der Waals surface area contributed by atoms with Crippen molar-refractivity contribution in [3.05, 3.63) is 0 Å². The molecule has 3 nitrogen and oxygen atoms in total. The minimum atomic E-state index is -0.833. The maximum Gasteiger partial charge on any atom is 0.309 e. The van der Waals surface area contributed by atoms with E-state index in [-0.39, 0.29) is 70.9 Å². The summed E-state index contributed by atoms with van der Waals surface area (Å²) in [5, 5.41) is 0. The van der Waals surface area contributed by atoms with Gasteiger partial charge in [0.05, 0.1) is 0 Å². The zero-order valence-corrected chi connectivity index (χ0v) is 9.86. The molecule has 0 aromatic heterocycles. The summed E-state index contributed by atoms with van der Waals surface area (Å²) in [7, 11) is 0. The van der Waals surface area contributed by atoms with Crippen molar-refractivity contribution < 1.29 is 24.3 Å². The van der Waals surface area contributed by atoms with Gasteiger partial charge in [-0.15, -0.1) is 0 Å². The molecular weight excluding hydrogens is 161 g/mol. The second kappa shape index (κ2) is 9.73. The van der Waals surface area contributed by atoms with Gasteiger partial charge in [0, 0.05) is 70.9 Å². The molecule has 0 aromatic rings. The molecule has 0 aliphatic heterocycles. The molecule has 0 unspecified atom stereocenters. The molecular formula is CH4KN2OZn. The van der Waals surface area contributed by atoms with Gasteiger partial charge in [-0.05, 0) is 0 Å². The van der Waals surface area contributed by atoms with Crippen LogP contribution in [0, 0.1) is 0 Å². The Labute approximate surface area is 91.4 Å². The third kappa shape index (κ3) is 48.5. The normalized spacial score (nSPS) is 4.00. The van der Waals surface area contributed by atoms with E-state index in [0.717, 1.165) is 0 Å². The number of primary amides is 2. The number of carbonyl (C=O) groups is 1. The van der Waals surface area contributed by atoms with Gasteiger partial charge in [-0.3, -0.25) is 0 Å². The predicted octanol–water partition coefficient (Wildman–Crippen LogP) is -1.36. The summed E-state index contributed by atoms with van der Waals surface area (Å²) in [4.78, 5) is 9.00. The Morgan fingerprint density at radius 3 is 1.33 bits per heavy atom. The molecule has 0 atom stereocenters. The van der Waals surface area contributed by atoms with Crippen LogP contribution in [0.5, 0.6) is 0 Å². The fourth-order valence-electron chi connectivity index (χ4n) is 0. The van der Waals surface area contributed by atoms with E-state index >= 15 is 0 Å². The summed E-state index contributed by atoms with van der Waals surface area (Å²) >= 11 is 0. The molecule has 0 spiro atoms. The zero-order valence-electron chi connectivity index (χ0n) is 3.77. The molecule has 0 saturated heterocycles. The number of hydrogen-bond donors (Lipinski definition) is 2. The Hall–Kier alpha value is 1.53. The van der Waals surface area contributed by atoms with Gasteiger partial charge in [-0.1, -0.05) is 0 Å². The molecule has 0 fully saturated rings. The van der Waals surface area contributed by atoms with Gasteiger partial charge in [0.2, 0.25) is 0 Å². The Morgan fingerprint density at radius 2 is 1.33 bits per heavy atom. The number of hydrogen-bond acceptors (Lipinski definition) is 1. The molecule has 0 rings (SSSR count). The summed E-state index contributed by atoms with van der Waals surface area (Å²) in [5.74, 6) is 0. The van der Waals surface area contributed by atoms with Crippen LogP contribution < -0.4 is 11.5 Å². The Kier molecular flexibility index (Phi) is 25.4. The molecule has 0 aromatic carbocycles. The van der Waals surface area contributed by atoms with E-state index in [1.165, 1.54) is 0 Å². The van der Waals surface area contributed by atoms with Crippen LogP contribution in [-0.4, -0.2) is 57.4 Å². The SMILES string of the molecule is NC(N)=O.[K].[Zn]. The Bertz CT molecular complexity index is 36.5. The minimum absolute atomic E-state index is 0. The van der Waals surface area contributed by atoms with Gasteiger partial charge in [-0.25, -0.2) is 4.79 Å². The van der Waals surface area contributed by atoms with Crippen LogP contribution >= 0.6 is 0 Å². The Morgan fingerprint density at radius 1 is 1.33 bits per heavy atom. The van der Waals surface area contributed by atoms with E-state index in [4.69, 9.17) is 4.79 Å². The Balaban J connectivity index is -0.0000000450. The monoisotopic (exact) mass is 163 g/mol. The predicted molar refractivity (Wildman–Crippen MR) is 19.5 cm³/mol. The van der Waals surface area contributed by atoms with Gasteiger partial charge in [0.15, 0.2) is 0 Å². The van der Waals surface area contributed by atoms with Gasteiger partial charge >= 0.3 is 6.03 Å². The summed E-state index contributed by atoms with van der Waals surface area (Å²) < 4.78 is 0. The van der Waals surface area contributed by atoms with E-state index < -0.39 is 6.03 Å². The number of rotatable bonds is 0. The largest absolute Gasteiger partial charge is 0.352 e. The molecule has 0 saturated carbocycles. The molecule has 6 heavy (non-hydrogen) atoms. The van der Waals surface area contributed by atoms with Crippen LogP contribution in [0.1, 0.15) is 0 Å². The summed E-state index contributed by atoms with van der Waals surface area (Å²) in [5.41, 5.74) is 8.50. The van der Waals surface area contributed by atoms with Crippen LogP contribution in [0.15, 0.2) is 0 Å². The average Bonchev–Trinajstić information content (AvgIpc) is 0.811. The number of urea groups is 1. The number of amides is 2. The summed E-state index contributed by atoms with van der Waals surface area (Å²) in [6.07, 6.45) is 0. The second-order valence-electron chi connectivity index (χ2n) is 0.402. The summed E-state index contributed by atoms with van der Waals surface area (Å²) in [6.45, 7) is 0. The summed E-state index contributed by atoms with van der Waals surface area (Å²) in [6, 6.07) is -0.833. The van der Waals surface area contributed by atoms with Crippen molar-refractivity contribution in [1.82, 2.24) is 0 Å². The third-order valence-electron chi connectivity index (χ3n) is 0. The first-order chi connectivity index (χ1) is 1.73. The molecule has 0 aliphatic carbocycles. The van der Waals surface area contributed by atoms with E-state index in [0.29, 0.717) is 0 Å². The molecule has 0 bridgehead atoms. The van der Waals surface area contributed by atoms with E-state index in [9.17, 15) is 0 Å². The van der Waals surface area contributed by atoms with Crippen molar-refractivity contribution in [3.8, 4) is 0 Å². The minimum Gasteiger partial charge on any atom is -0.352 e. The van der Waals surface area contributed by atoms with Crippen LogP contribution in [0.25, 0.3) is 0 Å². The average molecular weight is 165 g/mol. The molecule has 0 heterocycles. The second-order valence-corrected chi connectivity index (χ2v) is 0.402. The van der Waals surface area contributed by atoms with Gasteiger partial charge < -0.3 is 11.5 Å². The van der Waals surface area contributed by atoms with Crippen molar-refractivity contribution in [2.24, 2.45) is 11.5 Å². The molecule has 0 aliphatic rings. The van der Waals surface area contributed by atoms with E-state index in [1.54, 1.807) is 0 Å². The van der Waals surface area contributed by atoms with Crippen LogP contribution in [0.3, 0.4) is 0 Å².